The van der Waals surface area contributed by atoms with Gasteiger partial charge in [-0.2, -0.15) is 4.98 Å². The van der Waals surface area contributed by atoms with E-state index in [2.05, 4.69) is 11.6 Å². The second kappa shape index (κ2) is 11.4. The minimum absolute atomic E-state index is 0.0707. The third kappa shape index (κ3) is 5.31. The second-order valence-corrected chi connectivity index (χ2v) is 9.87. The van der Waals surface area contributed by atoms with Crippen LogP contribution in [-0.4, -0.2) is 62.7 Å². The number of aryl methyl sites for hydroxylation is 2. The summed E-state index contributed by atoms with van der Waals surface area (Å²) in [6.07, 6.45) is 1.29. The molecule has 1 atom stereocenters. The molecular formula is C29H31ClFN5O3. The van der Waals surface area contributed by atoms with E-state index in [0.717, 1.165) is 11.1 Å². The van der Waals surface area contributed by atoms with Crippen molar-refractivity contribution in [3.63, 3.8) is 0 Å². The van der Waals surface area contributed by atoms with E-state index in [1.54, 1.807) is 11.8 Å². The van der Waals surface area contributed by atoms with Crippen molar-refractivity contribution < 1.29 is 14.3 Å². The van der Waals surface area contributed by atoms with E-state index in [1.807, 2.05) is 43.9 Å². The molecule has 8 nitrogen and oxygen atoms in total. The van der Waals surface area contributed by atoms with Crippen LogP contribution in [0, 0.1) is 26.6 Å². The number of phenolic OH excluding ortho intramolecular Hbond substituents is 1. The molecule has 2 aromatic carbocycles. The van der Waals surface area contributed by atoms with Crippen LogP contribution >= 0.6 is 11.6 Å². The van der Waals surface area contributed by atoms with Crippen LogP contribution in [0.5, 0.6) is 5.75 Å². The first-order valence-electron chi connectivity index (χ1n) is 12.6. The quantitative estimate of drug-likeness (QED) is 0.275. The van der Waals surface area contributed by atoms with E-state index in [4.69, 9.17) is 16.6 Å². The van der Waals surface area contributed by atoms with Gasteiger partial charge in [-0.3, -0.25) is 4.79 Å². The highest BCUT2D eigenvalue weighted by Crippen LogP contribution is 2.33. The van der Waals surface area contributed by atoms with Gasteiger partial charge in [0.2, 0.25) is 5.91 Å². The molecule has 1 aliphatic rings. The number of carbonyl (C=O) groups excluding carboxylic acids is 1. The van der Waals surface area contributed by atoms with Gasteiger partial charge in [0.15, 0.2) is 0 Å². The maximum Gasteiger partial charge on any atom is 0.355 e. The normalized spacial score (nSPS) is 15.9. The fourth-order valence-electron chi connectivity index (χ4n) is 5.04. The maximum atomic E-state index is 14.8. The number of phenols is 1. The molecular weight excluding hydrogens is 521 g/mol. The zero-order valence-corrected chi connectivity index (χ0v) is 23.2. The van der Waals surface area contributed by atoms with Gasteiger partial charge in [0.05, 0.1) is 22.8 Å². The van der Waals surface area contributed by atoms with Crippen molar-refractivity contribution in [1.82, 2.24) is 14.5 Å². The van der Waals surface area contributed by atoms with E-state index in [-0.39, 0.29) is 40.7 Å². The summed E-state index contributed by atoms with van der Waals surface area (Å²) in [5.41, 5.74) is 2.23. The van der Waals surface area contributed by atoms with Gasteiger partial charge in [0.1, 0.15) is 23.2 Å². The van der Waals surface area contributed by atoms with Gasteiger partial charge in [0.25, 0.3) is 0 Å². The Balaban J connectivity index is 1.98. The van der Waals surface area contributed by atoms with Crippen molar-refractivity contribution in [3.8, 4) is 11.4 Å². The summed E-state index contributed by atoms with van der Waals surface area (Å²) in [5.74, 6) is -0.703. The number of nitrogens with zero attached hydrogens (tertiary/aromatic N) is 5. The van der Waals surface area contributed by atoms with Crippen LogP contribution < -0.4 is 10.6 Å². The molecule has 1 aliphatic heterocycles. The summed E-state index contributed by atoms with van der Waals surface area (Å²) in [4.78, 5) is 38.8. The highest BCUT2D eigenvalue weighted by molar-refractivity contribution is 6.32. The molecule has 4 rings (SSSR count). The summed E-state index contributed by atoms with van der Waals surface area (Å²) < 4.78 is 16.3. The summed E-state index contributed by atoms with van der Waals surface area (Å²) >= 11 is 6.25. The Bertz CT molecular complexity index is 1490. The number of aliphatic imine (C=N–C) groups is 1. The lowest BCUT2D eigenvalue weighted by Crippen LogP contribution is -2.54. The SMILES string of the molecule is C=CC(=O)N1CCN(c2nc(=O)n(-c3c(C)cccc3C)c(N=C(CCl)c3c(O)cccc3F)c2C)[C@@H](C)C1. The number of hydrogen-bond acceptors (Lipinski definition) is 6. The van der Waals surface area contributed by atoms with Gasteiger partial charge < -0.3 is 14.9 Å². The number of halogens is 2. The summed E-state index contributed by atoms with van der Waals surface area (Å²) in [6.45, 7) is 12.4. The first-order chi connectivity index (χ1) is 18.6. The van der Waals surface area contributed by atoms with Crippen molar-refractivity contribution in [2.75, 3.05) is 30.4 Å². The van der Waals surface area contributed by atoms with E-state index in [9.17, 15) is 19.1 Å². The first-order valence-corrected chi connectivity index (χ1v) is 13.1. The minimum atomic E-state index is -0.682. The molecule has 0 unspecified atom stereocenters. The largest absolute Gasteiger partial charge is 0.507 e. The molecule has 39 heavy (non-hydrogen) atoms. The van der Waals surface area contributed by atoms with Gasteiger partial charge >= 0.3 is 5.69 Å². The Kier molecular flexibility index (Phi) is 8.20. The Labute approximate surface area is 231 Å². The number of aromatic nitrogens is 2. The third-order valence-electron chi connectivity index (χ3n) is 6.97. The number of piperazine rings is 1. The third-order valence-corrected chi connectivity index (χ3v) is 7.23. The predicted octanol–water partition coefficient (Wildman–Crippen LogP) is 4.59. The zero-order valence-electron chi connectivity index (χ0n) is 22.4. The van der Waals surface area contributed by atoms with Crippen LogP contribution in [0.3, 0.4) is 0 Å². The molecule has 1 amide bonds. The number of amides is 1. The number of para-hydroxylation sites is 1. The van der Waals surface area contributed by atoms with Crippen molar-refractivity contribution in [3.05, 3.63) is 87.6 Å². The number of aromatic hydroxyl groups is 1. The molecule has 0 bridgehead atoms. The van der Waals surface area contributed by atoms with E-state index >= 15 is 0 Å². The Morgan fingerprint density at radius 3 is 2.46 bits per heavy atom. The lowest BCUT2D eigenvalue weighted by molar-refractivity contribution is -0.126. The average Bonchev–Trinajstić information content (AvgIpc) is 2.90. The van der Waals surface area contributed by atoms with Gasteiger partial charge in [-0.15, -0.1) is 11.6 Å². The number of carbonyl (C=O) groups is 1. The highest BCUT2D eigenvalue weighted by Gasteiger charge is 2.30. The zero-order chi connectivity index (χ0) is 28.4. The van der Waals surface area contributed by atoms with Gasteiger partial charge in [-0.05, 0) is 57.0 Å². The van der Waals surface area contributed by atoms with Crippen LogP contribution in [-0.2, 0) is 4.79 Å². The number of hydrogen-bond donors (Lipinski definition) is 1. The fourth-order valence-corrected chi connectivity index (χ4v) is 5.23. The predicted molar refractivity (Wildman–Crippen MR) is 153 cm³/mol. The molecule has 0 aliphatic carbocycles. The smallest absolute Gasteiger partial charge is 0.355 e. The molecule has 204 valence electrons. The highest BCUT2D eigenvalue weighted by atomic mass is 35.5. The molecule has 1 fully saturated rings. The van der Waals surface area contributed by atoms with E-state index < -0.39 is 11.5 Å². The molecule has 1 aromatic heterocycles. The number of alkyl halides is 1. The Morgan fingerprint density at radius 1 is 1.21 bits per heavy atom. The number of anilines is 1. The molecule has 1 saturated heterocycles. The molecule has 1 N–H and O–H groups in total. The molecule has 0 radical (unpaired) electrons. The summed E-state index contributed by atoms with van der Waals surface area (Å²) in [7, 11) is 0. The lowest BCUT2D eigenvalue weighted by atomic mass is 10.1. The van der Waals surface area contributed by atoms with Crippen LogP contribution in [0.1, 0.15) is 29.2 Å². The van der Waals surface area contributed by atoms with Gasteiger partial charge in [0, 0.05) is 31.2 Å². The molecule has 2 heterocycles. The van der Waals surface area contributed by atoms with Gasteiger partial charge in [-0.25, -0.2) is 18.7 Å². The lowest BCUT2D eigenvalue weighted by Gasteiger charge is -2.40. The van der Waals surface area contributed by atoms with E-state index in [0.29, 0.717) is 36.7 Å². The average molecular weight is 552 g/mol. The Hall–Kier alpha value is -3.98. The van der Waals surface area contributed by atoms with Crippen molar-refractivity contribution in [2.45, 2.75) is 33.7 Å². The number of benzene rings is 2. The molecule has 10 heteroatoms. The van der Waals surface area contributed by atoms with Crippen molar-refractivity contribution in [2.24, 2.45) is 4.99 Å². The monoisotopic (exact) mass is 551 g/mol. The van der Waals surface area contributed by atoms with Crippen molar-refractivity contribution >= 4 is 34.9 Å². The summed E-state index contributed by atoms with van der Waals surface area (Å²) in [5, 5.41) is 10.4. The molecule has 0 saturated carbocycles. The summed E-state index contributed by atoms with van der Waals surface area (Å²) in [6, 6.07) is 9.47. The Morgan fingerprint density at radius 2 is 1.87 bits per heavy atom. The van der Waals surface area contributed by atoms with Crippen LogP contribution in [0.4, 0.5) is 16.0 Å². The van der Waals surface area contributed by atoms with Crippen LogP contribution in [0.15, 0.2) is 58.8 Å². The topological polar surface area (TPSA) is 91.0 Å². The first kappa shape index (κ1) is 28.0. The van der Waals surface area contributed by atoms with Gasteiger partial charge in [-0.1, -0.05) is 30.8 Å². The minimum Gasteiger partial charge on any atom is -0.507 e. The standard InChI is InChI=1S/C29H31ClFN5O3/c1-6-24(38)34-13-14-35(19(4)16-34)27-20(5)28(32-22(15-30)25-21(31)11-8-12-23(25)37)36(29(39)33-27)26-17(2)9-7-10-18(26)3/h6-12,19,37H,1,13-16H2,2-5H3/t19-/m0/s1. The second-order valence-electron chi connectivity index (χ2n) is 9.60. The van der Waals surface area contributed by atoms with Crippen LogP contribution in [0.25, 0.3) is 5.69 Å². The fraction of sp³-hybridized carbons (Fsp3) is 0.310. The maximum absolute atomic E-state index is 14.8. The van der Waals surface area contributed by atoms with Crippen LogP contribution in [0.2, 0.25) is 0 Å². The molecule has 0 spiro atoms. The van der Waals surface area contributed by atoms with E-state index in [1.165, 1.54) is 28.8 Å². The van der Waals surface area contributed by atoms with Crippen molar-refractivity contribution in [1.29, 1.82) is 0 Å². The molecule has 3 aromatic rings. The number of rotatable bonds is 6.